The number of carboxylic acid groups (broad SMARTS) is 1. The normalized spacial score (nSPS) is 24.1. The fourth-order valence-electron chi connectivity index (χ4n) is 2.90. The summed E-state index contributed by atoms with van der Waals surface area (Å²) in [4.78, 5) is 23.5. The number of carbonyl (C=O) groups is 2. The average molecular weight is 257 g/mol. The van der Waals surface area contributed by atoms with E-state index >= 15 is 0 Å². The number of esters is 1. The summed E-state index contributed by atoms with van der Waals surface area (Å²) in [6.07, 6.45) is 0.714. The summed E-state index contributed by atoms with van der Waals surface area (Å²) in [6, 6.07) is -0.00874. The molecule has 1 aliphatic rings. The highest BCUT2D eigenvalue weighted by molar-refractivity contribution is 5.66. The summed E-state index contributed by atoms with van der Waals surface area (Å²) in [5, 5.41) is 9.22. The predicted octanol–water partition coefficient (Wildman–Crippen LogP) is 2.35. The van der Waals surface area contributed by atoms with Crippen molar-refractivity contribution in [3.63, 3.8) is 0 Å². The number of ether oxygens (including phenoxy) is 1. The highest BCUT2D eigenvalue weighted by Gasteiger charge is 2.43. The number of nitrogens with zero attached hydrogens (tertiary/aromatic N) is 1. The Morgan fingerprint density at radius 2 is 2.00 bits per heavy atom. The minimum Gasteiger partial charge on any atom is -0.466 e. The Morgan fingerprint density at radius 3 is 2.44 bits per heavy atom. The molecular formula is C13H23NO4. The second-order valence-electron chi connectivity index (χ2n) is 5.96. The molecule has 1 unspecified atom stereocenters. The minimum atomic E-state index is -0.857. The van der Waals surface area contributed by atoms with Gasteiger partial charge in [0.2, 0.25) is 0 Å². The van der Waals surface area contributed by atoms with Crippen LogP contribution < -0.4 is 0 Å². The maximum Gasteiger partial charge on any atom is 0.407 e. The van der Waals surface area contributed by atoms with E-state index in [1.807, 2.05) is 0 Å². The minimum absolute atomic E-state index is 0.00874. The van der Waals surface area contributed by atoms with Crippen molar-refractivity contribution in [1.82, 2.24) is 4.90 Å². The van der Waals surface area contributed by atoms with Crippen molar-refractivity contribution in [2.75, 3.05) is 13.2 Å². The summed E-state index contributed by atoms with van der Waals surface area (Å²) in [5.41, 5.74) is -0.101. The van der Waals surface area contributed by atoms with Gasteiger partial charge in [0.15, 0.2) is 0 Å². The van der Waals surface area contributed by atoms with Crippen molar-refractivity contribution >= 4 is 12.1 Å². The molecule has 0 spiro atoms. The fourth-order valence-corrected chi connectivity index (χ4v) is 2.90. The molecule has 5 nitrogen and oxygen atoms in total. The molecule has 0 aromatic carbocycles. The largest absolute Gasteiger partial charge is 0.466 e. The smallest absolute Gasteiger partial charge is 0.407 e. The van der Waals surface area contributed by atoms with Gasteiger partial charge in [-0.25, -0.2) is 4.79 Å². The lowest BCUT2D eigenvalue weighted by molar-refractivity contribution is -0.141. The molecule has 0 aromatic heterocycles. The van der Waals surface area contributed by atoms with E-state index < -0.39 is 6.09 Å². The van der Waals surface area contributed by atoms with E-state index in [1.54, 1.807) is 0 Å². The van der Waals surface area contributed by atoms with Gasteiger partial charge in [0.25, 0.3) is 0 Å². The number of hydrogen-bond donors (Lipinski definition) is 1. The van der Waals surface area contributed by atoms with E-state index in [9.17, 15) is 14.7 Å². The third kappa shape index (κ3) is 3.62. The van der Waals surface area contributed by atoms with Gasteiger partial charge in [0, 0.05) is 19.5 Å². The van der Waals surface area contributed by atoms with Crippen LogP contribution in [0.1, 0.15) is 40.5 Å². The summed E-state index contributed by atoms with van der Waals surface area (Å²) < 4.78 is 4.96. The van der Waals surface area contributed by atoms with Gasteiger partial charge in [-0.15, -0.1) is 0 Å². The van der Waals surface area contributed by atoms with Crippen LogP contribution >= 0.6 is 0 Å². The zero-order valence-corrected chi connectivity index (χ0v) is 11.6. The van der Waals surface area contributed by atoms with Crippen LogP contribution in [0.2, 0.25) is 0 Å². The Bertz CT molecular complexity index is 321. The molecule has 1 N–H and O–H groups in total. The molecule has 0 aliphatic carbocycles. The van der Waals surface area contributed by atoms with Crippen LogP contribution in [0, 0.1) is 11.3 Å². The van der Waals surface area contributed by atoms with Crippen molar-refractivity contribution in [1.29, 1.82) is 0 Å². The number of rotatable bonds is 3. The van der Waals surface area contributed by atoms with Gasteiger partial charge in [-0.3, -0.25) is 4.79 Å². The molecule has 1 amide bonds. The molecule has 1 heterocycles. The van der Waals surface area contributed by atoms with E-state index in [4.69, 9.17) is 4.74 Å². The van der Waals surface area contributed by atoms with E-state index in [0.29, 0.717) is 13.2 Å². The van der Waals surface area contributed by atoms with E-state index in [0.717, 1.165) is 12.8 Å². The van der Waals surface area contributed by atoms with Gasteiger partial charge in [0.05, 0.1) is 6.61 Å². The lowest BCUT2D eigenvalue weighted by atomic mass is 9.78. The molecular weight excluding hydrogens is 234 g/mol. The lowest BCUT2D eigenvalue weighted by Crippen LogP contribution is -2.45. The van der Waals surface area contributed by atoms with Crippen LogP contribution in [0.3, 0.4) is 0 Å². The molecule has 18 heavy (non-hydrogen) atoms. The maximum absolute atomic E-state index is 11.2. The molecule has 104 valence electrons. The second kappa shape index (κ2) is 5.59. The van der Waals surface area contributed by atoms with Gasteiger partial charge < -0.3 is 14.7 Å². The molecule has 0 bridgehead atoms. The third-order valence-electron chi connectivity index (χ3n) is 3.45. The van der Waals surface area contributed by atoms with Crippen molar-refractivity contribution in [3.05, 3.63) is 0 Å². The summed E-state index contributed by atoms with van der Waals surface area (Å²) >= 11 is 0. The Morgan fingerprint density at radius 1 is 1.39 bits per heavy atom. The van der Waals surface area contributed by atoms with Crippen molar-refractivity contribution < 1.29 is 19.4 Å². The first-order valence-electron chi connectivity index (χ1n) is 6.36. The lowest BCUT2D eigenvalue weighted by Gasteiger charge is -2.37. The molecule has 0 saturated carbocycles. The number of amides is 1. The quantitative estimate of drug-likeness (QED) is 0.788. The van der Waals surface area contributed by atoms with Crippen LogP contribution in [0.4, 0.5) is 4.79 Å². The molecule has 0 radical (unpaired) electrons. The average Bonchev–Trinajstić information content (AvgIpc) is 2.60. The Labute approximate surface area is 108 Å². The first-order chi connectivity index (χ1) is 8.23. The number of hydrogen-bond acceptors (Lipinski definition) is 3. The first kappa shape index (κ1) is 14.8. The van der Waals surface area contributed by atoms with E-state index in [2.05, 4.69) is 20.8 Å². The Kier molecular flexibility index (Phi) is 4.59. The summed E-state index contributed by atoms with van der Waals surface area (Å²) in [5.74, 6) is -0.0177. The zero-order chi connectivity index (χ0) is 13.9. The van der Waals surface area contributed by atoms with Crippen LogP contribution in [0.5, 0.6) is 0 Å². The summed E-state index contributed by atoms with van der Waals surface area (Å²) in [6.45, 7) is 8.49. The first-order valence-corrected chi connectivity index (χ1v) is 6.36. The van der Waals surface area contributed by atoms with Crippen molar-refractivity contribution in [2.45, 2.75) is 46.6 Å². The molecule has 2 atom stereocenters. The van der Waals surface area contributed by atoms with Crippen LogP contribution in [0.15, 0.2) is 0 Å². The third-order valence-corrected chi connectivity index (χ3v) is 3.45. The second-order valence-corrected chi connectivity index (χ2v) is 5.96. The van der Waals surface area contributed by atoms with Gasteiger partial charge in [0.1, 0.15) is 0 Å². The predicted molar refractivity (Wildman–Crippen MR) is 67.3 cm³/mol. The molecule has 0 aromatic rings. The van der Waals surface area contributed by atoms with E-state index in [-0.39, 0.29) is 23.3 Å². The van der Waals surface area contributed by atoms with Gasteiger partial charge >= 0.3 is 12.1 Å². The van der Waals surface area contributed by atoms with Gasteiger partial charge in [-0.05, 0) is 24.2 Å². The molecule has 1 saturated heterocycles. The highest BCUT2D eigenvalue weighted by atomic mass is 16.5. The van der Waals surface area contributed by atoms with Gasteiger partial charge in [-0.1, -0.05) is 20.8 Å². The standard InChI is InChI=1S/C13H23NO4/c1-9(15)18-8-6-10-5-7-14(12(16)17)11(10)13(2,3)4/h10-11H,5-8H2,1-4H3,(H,16,17)/t10-,11?/m0/s1. The molecule has 1 aliphatic heterocycles. The van der Waals surface area contributed by atoms with Crippen LogP contribution in [-0.2, 0) is 9.53 Å². The zero-order valence-electron chi connectivity index (χ0n) is 11.6. The molecule has 1 fully saturated rings. The highest BCUT2D eigenvalue weighted by Crippen LogP contribution is 2.38. The number of carbonyl (C=O) groups excluding carboxylic acids is 1. The molecule has 5 heteroatoms. The Hall–Kier alpha value is -1.26. The SMILES string of the molecule is CC(=O)OCC[C@@H]1CCN(C(=O)O)C1C(C)(C)C. The number of likely N-dealkylation sites (tertiary alicyclic amines) is 1. The van der Waals surface area contributed by atoms with E-state index in [1.165, 1.54) is 11.8 Å². The van der Waals surface area contributed by atoms with Gasteiger partial charge in [-0.2, -0.15) is 0 Å². The monoisotopic (exact) mass is 257 g/mol. The van der Waals surface area contributed by atoms with Crippen LogP contribution in [0.25, 0.3) is 0 Å². The van der Waals surface area contributed by atoms with Crippen molar-refractivity contribution in [2.24, 2.45) is 11.3 Å². The van der Waals surface area contributed by atoms with Crippen molar-refractivity contribution in [3.8, 4) is 0 Å². The fraction of sp³-hybridized carbons (Fsp3) is 0.846. The summed E-state index contributed by atoms with van der Waals surface area (Å²) in [7, 11) is 0. The molecule has 1 rings (SSSR count). The topological polar surface area (TPSA) is 66.8 Å². The Balaban J connectivity index is 2.67. The van der Waals surface area contributed by atoms with Crippen LogP contribution in [-0.4, -0.2) is 41.3 Å². The maximum atomic E-state index is 11.2.